The van der Waals surface area contributed by atoms with Crippen molar-refractivity contribution in [3.05, 3.63) is 69.8 Å². The number of benzene rings is 2. The lowest BCUT2D eigenvalue weighted by atomic mass is 9.90. The molecule has 3 rings (SSSR count). The first-order valence-electron chi connectivity index (χ1n) is 11.0. The van der Waals surface area contributed by atoms with Crippen LogP contribution in [0.5, 0.6) is 0 Å². The summed E-state index contributed by atoms with van der Waals surface area (Å²) in [7, 11) is 1.51. The summed E-state index contributed by atoms with van der Waals surface area (Å²) in [5, 5.41) is 13.8. The van der Waals surface area contributed by atoms with E-state index in [0.717, 1.165) is 32.4 Å². The summed E-state index contributed by atoms with van der Waals surface area (Å²) in [5.74, 6) is -0.691. The number of ether oxygens (including phenoxy) is 2. The molecule has 1 fully saturated rings. The van der Waals surface area contributed by atoms with E-state index in [2.05, 4.69) is 22.3 Å². The lowest BCUT2D eigenvalue weighted by molar-refractivity contribution is -0.384. The zero-order valence-electron chi connectivity index (χ0n) is 18.7. The van der Waals surface area contributed by atoms with E-state index in [4.69, 9.17) is 9.47 Å². The third kappa shape index (κ3) is 7.01. The summed E-state index contributed by atoms with van der Waals surface area (Å²) in [6.45, 7) is 1.63. The van der Waals surface area contributed by atoms with E-state index in [9.17, 15) is 19.7 Å². The molecule has 1 N–H and O–H groups in total. The van der Waals surface area contributed by atoms with Gasteiger partial charge in [-0.3, -0.25) is 14.9 Å². The minimum absolute atomic E-state index is 0.0930. The summed E-state index contributed by atoms with van der Waals surface area (Å²) in [5.41, 5.74) is 1.78. The molecule has 1 heterocycles. The number of amides is 1. The number of methoxy groups -OCH3 is 1. The molecular formula is C24H29N3O6. The van der Waals surface area contributed by atoms with Crippen molar-refractivity contribution in [2.24, 2.45) is 5.92 Å². The standard InChI is InChI=1S/C24H29N3O6/c1-32-14-11-25-23(28)17-33-24(29)21-16-20(27(30)31)7-8-22(21)26-12-9-19(10-13-26)15-18-5-3-2-4-6-18/h2-8,16,19H,9-15,17H2,1H3,(H,25,28). The summed E-state index contributed by atoms with van der Waals surface area (Å²) < 4.78 is 10.0. The van der Waals surface area contributed by atoms with Gasteiger partial charge in [0.05, 0.1) is 22.8 Å². The molecule has 0 radical (unpaired) electrons. The Morgan fingerprint density at radius 3 is 2.55 bits per heavy atom. The molecule has 1 aliphatic heterocycles. The average Bonchev–Trinajstić information content (AvgIpc) is 2.83. The van der Waals surface area contributed by atoms with Crippen LogP contribution in [0.4, 0.5) is 11.4 Å². The van der Waals surface area contributed by atoms with E-state index in [1.807, 2.05) is 18.2 Å². The van der Waals surface area contributed by atoms with Gasteiger partial charge in [0.15, 0.2) is 6.61 Å². The lowest BCUT2D eigenvalue weighted by Gasteiger charge is -2.34. The fourth-order valence-electron chi connectivity index (χ4n) is 3.95. The van der Waals surface area contributed by atoms with Crippen molar-refractivity contribution in [2.75, 3.05) is 44.9 Å². The van der Waals surface area contributed by atoms with Gasteiger partial charge in [-0.1, -0.05) is 30.3 Å². The molecule has 9 nitrogen and oxygen atoms in total. The number of nitrogens with one attached hydrogen (secondary N) is 1. The molecule has 9 heteroatoms. The Hall–Kier alpha value is -3.46. The first-order chi connectivity index (χ1) is 16.0. The van der Waals surface area contributed by atoms with Crippen LogP contribution in [0.15, 0.2) is 48.5 Å². The van der Waals surface area contributed by atoms with Crippen molar-refractivity contribution in [1.29, 1.82) is 0 Å². The molecule has 2 aromatic carbocycles. The van der Waals surface area contributed by atoms with Crippen LogP contribution >= 0.6 is 0 Å². The first-order valence-corrected chi connectivity index (χ1v) is 11.0. The summed E-state index contributed by atoms with van der Waals surface area (Å²) in [4.78, 5) is 37.3. The second-order valence-electron chi connectivity index (χ2n) is 8.00. The number of nitrogens with zero attached hydrogens (tertiary/aromatic N) is 2. The Morgan fingerprint density at radius 2 is 1.88 bits per heavy atom. The van der Waals surface area contributed by atoms with E-state index in [1.54, 1.807) is 6.07 Å². The maximum Gasteiger partial charge on any atom is 0.341 e. The number of hydrogen-bond acceptors (Lipinski definition) is 7. The quantitative estimate of drug-likeness (QED) is 0.254. The van der Waals surface area contributed by atoms with Gasteiger partial charge in [0.25, 0.3) is 11.6 Å². The van der Waals surface area contributed by atoms with Crippen LogP contribution in [-0.4, -0.2) is 56.8 Å². The molecule has 33 heavy (non-hydrogen) atoms. The number of nitro benzene ring substituents is 1. The van der Waals surface area contributed by atoms with Crippen molar-refractivity contribution in [1.82, 2.24) is 5.32 Å². The number of piperidine rings is 1. The summed E-state index contributed by atoms with van der Waals surface area (Å²) in [6.07, 6.45) is 2.90. The predicted octanol–water partition coefficient (Wildman–Crippen LogP) is 2.97. The molecule has 0 bridgehead atoms. The number of hydrogen-bond donors (Lipinski definition) is 1. The molecular weight excluding hydrogens is 426 g/mol. The van der Waals surface area contributed by atoms with Crippen molar-refractivity contribution in [3.8, 4) is 0 Å². The van der Waals surface area contributed by atoms with Crippen molar-refractivity contribution >= 4 is 23.3 Å². The number of anilines is 1. The van der Waals surface area contributed by atoms with Gasteiger partial charge in [0, 0.05) is 38.9 Å². The van der Waals surface area contributed by atoms with Gasteiger partial charge in [0.2, 0.25) is 0 Å². The number of non-ortho nitro benzene ring substituents is 1. The maximum absolute atomic E-state index is 12.7. The van der Waals surface area contributed by atoms with Gasteiger partial charge in [-0.25, -0.2) is 4.79 Å². The van der Waals surface area contributed by atoms with Gasteiger partial charge in [-0.15, -0.1) is 0 Å². The molecule has 1 saturated heterocycles. The fourth-order valence-corrected chi connectivity index (χ4v) is 3.95. The predicted molar refractivity (Wildman–Crippen MR) is 123 cm³/mol. The van der Waals surface area contributed by atoms with Crippen LogP contribution in [0, 0.1) is 16.0 Å². The molecule has 0 atom stereocenters. The number of rotatable bonds is 10. The minimum Gasteiger partial charge on any atom is -0.452 e. The van der Waals surface area contributed by atoms with E-state index in [1.165, 1.54) is 24.8 Å². The molecule has 0 saturated carbocycles. The van der Waals surface area contributed by atoms with Crippen molar-refractivity contribution in [2.45, 2.75) is 19.3 Å². The number of carbonyl (C=O) groups excluding carboxylic acids is 2. The zero-order valence-corrected chi connectivity index (χ0v) is 18.7. The van der Waals surface area contributed by atoms with Crippen LogP contribution < -0.4 is 10.2 Å². The molecule has 1 aliphatic rings. The Bertz CT molecular complexity index is 958. The van der Waals surface area contributed by atoms with Crippen LogP contribution in [0.2, 0.25) is 0 Å². The number of esters is 1. The average molecular weight is 456 g/mol. The summed E-state index contributed by atoms with van der Waals surface area (Å²) in [6, 6.07) is 14.5. The highest BCUT2D eigenvalue weighted by Crippen LogP contribution is 2.31. The molecule has 176 valence electrons. The lowest BCUT2D eigenvalue weighted by Crippen LogP contribution is -2.35. The van der Waals surface area contributed by atoms with Crippen LogP contribution in [0.1, 0.15) is 28.8 Å². The molecule has 0 aromatic heterocycles. The highest BCUT2D eigenvalue weighted by molar-refractivity contribution is 5.97. The number of carbonyl (C=O) groups is 2. The molecule has 0 spiro atoms. The van der Waals surface area contributed by atoms with Crippen LogP contribution in [-0.2, 0) is 20.7 Å². The highest BCUT2D eigenvalue weighted by Gasteiger charge is 2.26. The van der Waals surface area contributed by atoms with Gasteiger partial charge >= 0.3 is 5.97 Å². The SMILES string of the molecule is COCCNC(=O)COC(=O)c1cc([N+](=O)[O-])ccc1N1CCC(Cc2ccccc2)CC1. The topological polar surface area (TPSA) is 111 Å². The Morgan fingerprint density at radius 1 is 1.15 bits per heavy atom. The largest absolute Gasteiger partial charge is 0.452 e. The monoisotopic (exact) mass is 455 g/mol. The van der Waals surface area contributed by atoms with E-state index < -0.39 is 23.4 Å². The van der Waals surface area contributed by atoms with E-state index >= 15 is 0 Å². The van der Waals surface area contributed by atoms with Gasteiger partial charge in [-0.2, -0.15) is 0 Å². The molecule has 0 unspecified atom stereocenters. The van der Waals surface area contributed by atoms with Gasteiger partial charge in [0.1, 0.15) is 0 Å². The fraction of sp³-hybridized carbons (Fsp3) is 0.417. The van der Waals surface area contributed by atoms with Crippen molar-refractivity contribution < 1.29 is 24.0 Å². The maximum atomic E-state index is 12.7. The van der Waals surface area contributed by atoms with Crippen molar-refractivity contribution in [3.63, 3.8) is 0 Å². The first kappa shape index (κ1) is 24.2. The highest BCUT2D eigenvalue weighted by atomic mass is 16.6. The smallest absolute Gasteiger partial charge is 0.341 e. The second-order valence-corrected chi connectivity index (χ2v) is 8.00. The van der Waals surface area contributed by atoms with E-state index in [0.29, 0.717) is 24.8 Å². The normalized spacial score (nSPS) is 14.0. The second kappa shape index (κ2) is 12.0. The Labute approximate surface area is 192 Å². The van der Waals surface area contributed by atoms with Gasteiger partial charge < -0.3 is 19.7 Å². The van der Waals surface area contributed by atoms with Gasteiger partial charge in [-0.05, 0) is 36.8 Å². The summed E-state index contributed by atoms with van der Waals surface area (Å²) >= 11 is 0. The third-order valence-electron chi connectivity index (χ3n) is 5.70. The Kier molecular flexibility index (Phi) is 8.77. The zero-order chi connectivity index (χ0) is 23.6. The molecule has 1 amide bonds. The van der Waals surface area contributed by atoms with Crippen LogP contribution in [0.3, 0.4) is 0 Å². The minimum atomic E-state index is -0.762. The Balaban J connectivity index is 1.66. The number of nitro groups is 1. The molecule has 2 aromatic rings. The van der Waals surface area contributed by atoms with Crippen LogP contribution in [0.25, 0.3) is 0 Å². The molecule has 0 aliphatic carbocycles. The van der Waals surface area contributed by atoms with E-state index in [-0.39, 0.29) is 11.3 Å². The third-order valence-corrected chi connectivity index (χ3v) is 5.70.